The molecule has 162 valence electrons. The van der Waals surface area contributed by atoms with E-state index in [0.717, 1.165) is 40.6 Å². The molecule has 31 heavy (non-hydrogen) atoms. The first kappa shape index (κ1) is 21.2. The van der Waals surface area contributed by atoms with Gasteiger partial charge in [-0.25, -0.2) is 4.98 Å². The molecule has 0 N–H and O–H groups in total. The summed E-state index contributed by atoms with van der Waals surface area (Å²) in [6, 6.07) is 5.85. The van der Waals surface area contributed by atoms with Gasteiger partial charge < -0.3 is 13.8 Å². The lowest BCUT2D eigenvalue weighted by molar-refractivity contribution is 0.00630. The third kappa shape index (κ3) is 4.10. The number of alkyl halides is 3. The SMILES string of the molecule is C[C@@H]1C[C@H](n2c(Cc3noc(C(Cl)(Cl)Cl)n3)nc3cnc4ccc(Cl)cc4c32)CCO1. The highest BCUT2D eigenvalue weighted by atomic mass is 35.6. The van der Waals surface area contributed by atoms with E-state index in [0.29, 0.717) is 23.9 Å². The maximum Gasteiger partial charge on any atom is 0.278 e. The molecule has 0 saturated carbocycles. The molecule has 1 aliphatic heterocycles. The minimum absolute atomic E-state index is 0.0752. The Morgan fingerprint density at radius 2 is 2.03 bits per heavy atom. The quantitative estimate of drug-likeness (QED) is 0.332. The van der Waals surface area contributed by atoms with Gasteiger partial charge in [-0.3, -0.25) is 4.98 Å². The molecule has 4 heterocycles. The number of fused-ring (bicyclic) bond motifs is 3. The maximum atomic E-state index is 6.32. The van der Waals surface area contributed by atoms with Gasteiger partial charge >= 0.3 is 0 Å². The second kappa shape index (κ2) is 8.05. The molecule has 0 aliphatic carbocycles. The molecule has 0 spiro atoms. The van der Waals surface area contributed by atoms with Gasteiger partial charge in [-0.1, -0.05) is 51.6 Å². The highest BCUT2D eigenvalue weighted by Gasteiger charge is 2.32. The van der Waals surface area contributed by atoms with E-state index >= 15 is 0 Å². The predicted molar refractivity (Wildman–Crippen MR) is 120 cm³/mol. The molecule has 11 heteroatoms. The summed E-state index contributed by atoms with van der Waals surface area (Å²) in [5.41, 5.74) is 2.60. The molecule has 7 nitrogen and oxygen atoms in total. The fraction of sp³-hybridized carbons (Fsp3) is 0.400. The van der Waals surface area contributed by atoms with Crippen LogP contribution in [0.2, 0.25) is 5.02 Å². The summed E-state index contributed by atoms with van der Waals surface area (Å²) >= 11 is 23.9. The van der Waals surface area contributed by atoms with Gasteiger partial charge in [-0.05, 0) is 38.0 Å². The molecule has 4 aromatic rings. The molecule has 1 fully saturated rings. The standard InChI is InChI=1S/C20H17Cl4N5O2/c1-10-6-12(4-5-30-10)29-17(8-16-27-19(31-28-16)20(22,23)24)26-15-9-25-14-3-2-11(21)7-13(14)18(15)29/h2-3,7,9-10,12H,4-6,8H2,1H3/t10-,12-/m1/s1. The van der Waals surface area contributed by atoms with Crippen molar-refractivity contribution < 1.29 is 9.26 Å². The van der Waals surface area contributed by atoms with Crippen LogP contribution < -0.4 is 0 Å². The summed E-state index contributed by atoms with van der Waals surface area (Å²) in [6.07, 6.45) is 3.94. The smallest absolute Gasteiger partial charge is 0.278 e. The second-order valence-electron chi connectivity index (χ2n) is 7.60. The van der Waals surface area contributed by atoms with E-state index in [1.165, 1.54) is 0 Å². The van der Waals surface area contributed by atoms with Crippen molar-refractivity contribution in [3.05, 3.63) is 47.0 Å². The summed E-state index contributed by atoms with van der Waals surface area (Å²) in [4.78, 5) is 13.6. The van der Waals surface area contributed by atoms with E-state index in [1.807, 2.05) is 18.2 Å². The van der Waals surface area contributed by atoms with Gasteiger partial charge in [-0.15, -0.1) is 0 Å². The van der Waals surface area contributed by atoms with Gasteiger partial charge in [0.15, 0.2) is 5.82 Å². The van der Waals surface area contributed by atoms with Gasteiger partial charge in [0.1, 0.15) is 11.3 Å². The van der Waals surface area contributed by atoms with Crippen molar-refractivity contribution in [3.63, 3.8) is 0 Å². The first-order valence-corrected chi connectivity index (χ1v) is 11.3. The van der Waals surface area contributed by atoms with Gasteiger partial charge in [0.05, 0.1) is 29.8 Å². The Morgan fingerprint density at radius 3 is 2.77 bits per heavy atom. The van der Waals surface area contributed by atoms with Crippen LogP contribution in [0.1, 0.15) is 43.3 Å². The molecule has 0 bridgehead atoms. The molecule has 1 saturated heterocycles. The fourth-order valence-electron chi connectivity index (χ4n) is 4.11. The Hall–Kier alpha value is -1.64. The highest BCUT2D eigenvalue weighted by Crippen LogP contribution is 2.38. The summed E-state index contributed by atoms with van der Waals surface area (Å²) in [5.74, 6) is 1.09. The number of halogens is 4. The van der Waals surface area contributed by atoms with Crippen molar-refractivity contribution in [3.8, 4) is 0 Å². The first-order chi connectivity index (χ1) is 14.8. The Balaban J connectivity index is 1.68. The topological polar surface area (TPSA) is 78.9 Å². The average molecular weight is 501 g/mol. The summed E-state index contributed by atoms with van der Waals surface area (Å²) in [7, 11) is 0. The van der Waals surface area contributed by atoms with Crippen LogP contribution in [0, 0.1) is 0 Å². The number of aromatic nitrogens is 5. The predicted octanol–water partition coefficient (Wildman–Crippen LogP) is 5.78. The fourth-order valence-corrected chi connectivity index (χ4v) is 4.51. The third-order valence-corrected chi connectivity index (χ3v) is 6.12. The van der Waals surface area contributed by atoms with Crippen molar-refractivity contribution in [1.29, 1.82) is 0 Å². The van der Waals surface area contributed by atoms with E-state index < -0.39 is 3.79 Å². The maximum absolute atomic E-state index is 6.32. The van der Waals surface area contributed by atoms with Crippen LogP contribution >= 0.6 is 46.4 Å². The lowest BCUT2D eigenvalue weighted by Crippen LogP contribution is -2.26. The van der Waals surface area contributed by atoms with E-state index in [-0.39, 0.29) is 18.0 Å². The van der Waals surface area contributed by atoms with Crippen LogP contribution in [0.5, 0.6) is 0 Å². The van der Waals surface area contributed by atoms with Crippen molar-refractivity contribution in [2.75, 3.05) is 6.61 Å². The molecule has 1 aliphatic rings. The average Bonchev–Trinajstić information content (AvgIpc) is 3.32. The van der Waals surface area contributed by atoms with E-state index in [1.54, 1.807) is 6.20 Å². The molecule has 2 atom stereocenters. The minimum Gasteiger partial charge on any atom is -0.378 e. The lowest BCUT2D eigenvalue weighted by atomic mass is 10.0. The third-order valence-electron chi connectivity index (χ3n) is 5.40. The zero-order chi connectivity index (χ0) is 21.8. The Bertz CT molecular complexity index is 1270. The van der Waals surface area contributed by atoms with Gasteiger partial charge in [-0.2, -0.15) is 4.98 Å². The zero-order valence-corrected chi connectivity index (χ0v) is 19.4. The van der Waals surface area contributed by atoms with E-state index in [4.69, 9.17) is 60.6 Å². The monoisotopic (exact) mass is 499 g/mol. The minimum atomic E-state index is -1.78. The molecular formula is C20H17Cl4N5O2. The highest BCUT2D eigenvalue weighted by molar-refractivity contribution is 6.66. The van der Waals surface area contributed by atoms with Crippen LogP contribution in [0.3, 0.4) is 0 Å². The number of imidazole rings is 1. The Labute approximate surface area is 197 Å². The second-order valence-corrected chi connectivity index (χ2v) is 10.3. The number of hydrogen-bond acceptors (Lipinski definition) is 6. The van der Waals surface area contributed by atoms with E-state index in [9.17, 15) is 0 Å². The van der Waals surface area contributed by atoms with Crippen LogP contribution in [0.15, 0.2) is 28.9 Å². The Morgan fingerprint density at radius 1 is 1.19 bits per heavy atom. The van der Waals surface area contributed by atoms with Crippen LogP contribution in [0.25, 0.3) is 21.9 Å². The Kier molecular flexibility index (Phi) is 5.51. The summed E-state index contributed by atoms with van der Waals surface area (Å²) in [6.45, 7) is 2.75. The van der Waals surface area contributed by atoms with Gasteiger partial charge in [0.2, 0.25) is 0 Å². The lowest BCUT2D eigenvalue weighted by Gasteiger charge is -2.30. The molecule has 3 aromatic heterocycles. The molecule has 0 unspecified atom stereocenters. The number of nitrogens with zero attached hydrogens (tertiary/aromatic N) is 5. The first-order valence-electron chi connectivity index (χ1n) is 9.76. The van der Waals surface area contributed by atoms with Gasteiger partial charge in [0.25, 0.3) is 9.68 Å². The van der Waals surface area contributed by atoms with E-state index in [2.05, 4.69) is 26.6 Å². The molecular weight excluding hydrogens is 484 g/mol. The van der Waals surface area contributed by atoms with Gasteiger partial charge in [0, 0.05) is 23.1 Å². The van der Waals surface area contributed by atoms with Crippen molar-refractivity contribution in [1.82, 2.24) is 24.7 Å². The van der Waals surface area contributed by atoms with Crippen LogP contribution in [-0.2, 0) is 15.0 Å². The van der Waals surface area contributed by atoms with Crippen molar-refractivity contribution >= 4 is 68.3 Å². The van der Waals surface area contributed by atoms with Crippen LogP contribution in [-0.4, -0.2) is 37.4 Å². The molecule has 0 radical (unpaired) electrons. The molecule has 1 aromatic carbocycles. The number of benzene rings is 1. The number of ether oxygens (including phenoxy) is 1. The molecule has 5 rings (SSSR count). The van der Waals surface area contributed by atoms with Crippen molar-refractivity contribution in [2.45, 2.75) is 42.1 Å². The number of hydrogen-bond donors (Lipinski definition) is 0. The summed E-state index contributed by atoms with van der Waals surface area (Å²) < 4.78 is 11.3. The largest absolute Gasteiger partial charge is 0.378 e. The molecule has 0 amide bonds. The van der Waals surface area contributed by atoms with Crippen molar-refractivity contribution in [2.24, 2.45) is 0 Å². The number of pyridine rings is 1. The summed E-state index contributed by atoms with van der Waals surface area (Å²) in [5, 5.41) is 5.55. The number of rotatable bonds is 3. The van der Waals surface area contributed by atoms with Crippen LogP contribution in [0.4, 0.5) is 0 Å². The normalized spacial score (nSPS) is 20.0. The zero-order valence-electron chi connectivity index (χ0n) is 16.4.